The monoisotopic (exact) mass is 242 g/mol. The average molecular weight is 242 g/mol. The van der Waals surface area contributed by atoms with Gasteiger partial charge < -0.3 is 15.6 Å². The first-order chi connectivity index (χ1) is 8.08. The smallest absolute Gasteiger partial charge is 0.231 e. The highest BCUT2D eigenvalue weighted by Crippen LogP contribution is 2.50. The fourth-order valence-corrected chi connectivity index (χ4v) is 3.16. The predicted octanol–water partition coefficient (Wildman–Crippen LogP) is -0.276. The third-order valence-electron chi connectivity index (χ3n) is 4.28. The van der Waals surface area contributed by atoms with Crippen LogP contribution in [0.1, 0.15) is 26.2 Å². The summed E-state index contributed by atoms with van der Waals surface area (Å²) in [6, 6.07) is 0. The molecule has 1 spiro atoms. The number of nitrogens with zero attached hydrogens (tertiary/aromatic N) is 1. The molecule has 2 rings (SSSR count). The van der Waals surface area contributed by atoms with Crippen LogP contribution in [0.5, 0.6) is 0 Å². The molecule has 1 aliphatic heterocycles. The van der Waals surface area contributed by atoms with Crippen molar-refractivity contribution in [1.82, 2.24) is 4.90 Å². The number of hydrogen-bond acceptors (Lipinski definition) is 4. The van der Waals surface area contributed by atoms with Crippen molar-refractivity contribution in [3.05, 3.63) is 0 Å². The molecule has 2 aliphatic rings. The molecule has 2 atom stereocenters. The minimum Gasteiger partial charge on any atom is -0.392 e. The Hall–Kier alpha value is -0.650. The lowest BCUT2D eigenvalue weighted by Crippen LogP contribution is -2.62. The van der Waals surface area contributed by atoms with E-state index in [1.54, 1.807) is 0 Å². The molecule has 98 valence electrons. The maximum absolute atomic E-state index is 10.9. The lowest BCUT2D eigenvalue weighted by molar-refractivity contribution is -0.209. The topological polar surface area (TPSA) is 75.8 Å². The highest BCUT2D eigenvalue weighted by atomic mass is 16.5. The van der Waals surface area contributed by atoms with Crippen molar-refractivity contribution in [2.24, 2.45) is 11.1 Å². The van der Waals surface area contributed by atoms with Gasteiger partial charge in [-0.1, -0.05) is 0 Å². The number of carbonyl (C=O) groups is 1. The second-order valence-corrected chi connectivity index (χ2v) is 5.17. The highest BCUT2D eigenvalue weighted by Gasteiger charge is 2.55. The number of primary amides is 1. The zero-order valence-electron chi connectivity index (χ0n) is 10.4. The van der Waals surface area contributed by atoms with Crippen molar-refractivity contribution in [2.75, 3.05) is 26.2 Å². The molecular weight excluding hydrogens is 220 g/mol. The fraction of sp³-hybridized carbons (Fsp3) is 0.917. The molecule has 2 fully saturated rings. The number of likely N-dealkylation sites (tertiary alicyclic amines) is 1. The van der Waals surface area contributed by atoms with E-state index >= 15 is 0 Å². The molecule has 0 aromatic rings. The number of carbonyl (C=O) groups excluding carboxylic acids is 1. The second kappa shape index (κ2) is 4.92. The van der Waals surface area contributed by atoms with Gasteiger partial charge in [0.05, 0.1) is 18.8 Å². The van der Waals surface area contributed by atoms with Crippen molar-refractivity contribution in [3.63, 3.8) is 0 Å². The average Bonchev–Trinajstić information content (AvgIpc) is 2.29. The molecular formula is C12H22N2O3. The molecule has 5 heteroatoms. The Morgan fingerprint density at radius 1 is 1.53 bits per heavy atom. The summed E-state index contributed by atoms with van der Waals surface area (Å²) in [5.41, 5.74) is 5.12. The summed E-state index contributed by atoms with van der Waals surface area (Å²) in [7, 11) is 0. The van der Waals surface area contributed by atoms with Gasteiger partial charge in [-0.3, -0.25) is 9.69 Å². The van der Waals surface area contributed by atoms with E-state index in [2.05, 4.69) is 4.90 Å². The fourth-order valence-electron chi connectivity index (χ4n) is 3.16. The molecule has 1 saturated heterocycles. The number of nitrogens with two attached hydrogens (primary N) is 1. The zero-order chi connectivity index (χ0) is 12.5. The summed E-state index contributed by atoms with van der Waals surface area (Å²) in [5, 5.41) is 10.00. The molecule has 0 aromatic carbocycles. The van der Waals surface area contributed by atoms with Crippen LogP contribution in [0.2, 0.25) is 0 Å². The number of rotatable bonds is 4. The summed E-state index contributed by atoms with van der Waals surface area (Å²) in [6.45, 7) is 4.66. The van der Waals surface area contributed by atoms with Gasteiger partial charge in [0.25, 0.3) is 0 Å². The summed E-state index contributed by atoms with van der Waals surface area (Å²) in [6.07, 6.45) is 2.50. The summed E-state index contributed by atoms with van der Waals surface area (Å²) >= 11 is 0. The minimum atomic E-state index is -0.281. The van der Waals surface area contributed by atoms with Gasteiger partial charge in [0.2, 0.25) is 5.91 Å². The summed E-state index contributed by atoms with van der Waals surface area (Å²) in [5.74, 6) is -0.281. The molecule has 1 saturated carbocycles. The van der Waals surface area contributed by atoms with Crippen LogP contribution in [-0.2, 0) is 9.53 Å². The molecule has 0 radical (unpaired) electrons. The maximum Gasteiger partial charge on any atom is 0.231 e. The molecule has 2 unspecified atom stereocenters. The Bertz CT molecular complexity index is 285. The van der Waals surface area contributed by atoms with Gasteiger partial charge in [0.1, 0.15) is 0 Å². The van der Waals surface area contributed by atoms with E-state index in [0.29, 0.717) is 13.2 Å². The van der Waals surface area contributed by atoms with Gasteiger partial charge in [-0.15, -0.1) is 0 Å². The van der Waals surface area contributed by atoms with Crippen molar-refractivity contribution in [2.45, 2.75) is 38.4 Å². The van der Waals surface area contributed by atoms with Crippen molar-refractivity contribution >= 4 is 5.91 Å². The first kappa shape index (κ1) is 12.8. The van der Waals surface area contributed by atoms with Gasteiger partial charge in [-0.2, -0.15) is 0 Å². The van der Waals surface area contributed by atoms with Gasteiger partial charge in [-0.05, 0) is 32.9 Å². The number of aliphatic hydroxyl groups excluding tert-OH is 1. The first-order valence-electron chi connectivity index (χ1n) is 6.39. The summed E-state index contributed by atoms with van der Waals surface area (Å²) < 4.78 is 5.69. The standard InChI is InChI=1S/C12H22N2O3/c1-2-17-10-7-9(15)12(10)3-5-14(6-4-12)8-11(13)16/h9-10,15H,2-8H2,1H3,(H2,13,16). The van der Waals surface area contributed by atoms with E-state index in [1.807, 2.05) is 6.92 Å². The summed E-state index contributed by atoms with van der Waals surface area (Å²) in [4.78, 5) is 12.9. The third-order valence-corrected chi connectivity index (χ3v) is 4.28. The molecule has 0 bridgehead atoms. The largest absolute Gasteiger partial charge is 0.392 e. The van der Waals surface area contributed by atoms with Crippen LogP contribution in [-0.4, -0.2) is 54.4 Å². The van der Waals surface area contributed by atoms with Gasteiger partial charge in [0.15, 0.2) is 0 Å². The highest BCUT2D eigenvalue weighted by molar-refractivity contribution is 5.75. The zero-order valence-corrected chi connectivity index (χ0v) is 10.4. The molecule has 5 nitrogen and oxygen atoms in total. The SMILES string of the molecule is CCOC1CC(O)C12CCN(CC(N)=O)CC2. The van der Waals surface area contributed by atoms with E-state index in [-0.39, 0.29) is 23.5 Å². The lowest BCUT2D eigenvalue weighted by Gasteiger charge is -2.56. The van der Waals surface area contributed by atoms with Gasteiger partial charge >= 0.3 is 0 Å². The number of aliphatic hydroxyl groups is 1. The Morgan fingerprint density at radius 2 is 2.18 bits per heavy atom. The van der Waals surface area contributed by atoms with E-state index in [4.69, 9.17) is 10.5 Å². The molecule has 1 heterocycles. The number of ether oxygens (including phenoxy) is 1. The second-order valence-electron chi connectivity index (χ2n) is 5.17. The van der Waals surface area contributed by atoms with E-state index in [1.165, 1.54) is 0 Å². The van der Waals surface area contributed by atoms with Crippen LogP contribution in [0.4, 0.5) is 0 Å². The van der Waals surface area contributed by atoms with Crippen LogP contribution in [0, 0.1) is 5.41 Å². The number of amides is 1. The molecule has 0 aromatic heterocycles. The van der Waals surface area contributed by atoms with Crippen LogP contribution in [0.3, 0.4) is 0 Å². The van der Waals surface area contributed by atoms with E-state index in [9.17, 15) is 9.90 Å². The van der Waals surface area contributed by atoms with E-state index in [0.717, 1.165) is 32.4 Å². The van der Waals surface area contributed by atoms with Gasteiger partial charge in [-0.25, -0.2) is 0 Å². The lowest BCUT2D eigenvalue weighted by atomic mass is 9.58. The Morgan fingerprint density at radius 3 is 2.65 bits per heavy atom. The Balaban J connectivity index is 1.90. The predicted molar refractivity (Wildman–Crippen MR) is 63.3 cm³/mol. The van der Waals surface area contributed by atoms with Crippen molar-refractivity contribution < 1.29 is 14.6 Å². The molecule has 3 N–H and O–H groups in total. The maximum atomic E-state index is 10.9. The van der Waals surface area contributed by atoms with Gasteiger partial charge in [0, 0.05) is 18.4 Å². The Kier molecular flexibility index (Phi) is 3.70. The van der Waals surface area contributed by atoms with E-state index < -0.39 is 0 Å². The van der Waals surface area contributed by atoms with Crippen LogP contribution in [0.15, 0.2) is 0 Å². The molecule has 17 heavy (non-hydrogen) atoms. The van der Waals surface area contributed by atoms with Crippen LogP contribution < -0.4 is 5.73 Å². The van der Waals surface area contributed by atoms with Crippen LogP contribution >= 0.6 is 0 Å². The minimum absolute atomic E-state index is 0.0653. The van der Waals surface area contributed by atoms with Crippen molar-refractivity contribution in [1.29, 1.82) is 0 Å². The number of hydrogen-bond donors (Lipinski definition) is 2. The Labute approximate surface area is 102 Å². The normalized spacial score (nSPS) is 32.4. The van der Waals surface area contributed by atoms with Crippen LogP contribution in [0.25, 0.3) is 0 Å². The van der Waals surface area contributed by atoms with Crippen molar-refractivity contribution in [3.8, 4) is 0 Å². The molecule has 1 amide bonds. The first-order valence-corrected chi connectivity index (χ1v) is 6.39. The quantitative estimate of drug-likeness (QED) is 0.711. The number of piperidine rings is 1. The molecule has 1 aliphatic carbocycles. The third kappa shape index (κ3) is 2.32.